The zero-order chi connectivity index (χ0) is 9.84. The number of anilines is 1. The Morgan fingerprint density at radius 1 is 1.38 bits per heavy atom. The highest BCUT2D eigenvalue weighted by atomic mass is 32.1. The fourth-order valence-electron chi connectivity index (χ4n) is 0.918. The van der Waals surface area contributed by atoms with Crippen LogP contribution in [0, 0.1) is 5.82 Å². The summed E-state index contributed by atoms with van der Waals surface area (Å²) in [6.45, 7) is 4.00. The molecule has 0 atom stereocenters. The van der Waals surface area contributed by atoms with Crippen molar-refractivity contribution < 1.29 is 4.39 Å². The Bertz CT molecular complexity index is 397. The van der Waals surface area contributed by atoms with E-state index in [1.54, 1.807) is 6.07 Å². The van der Waals surface area contributed by atoms with Crippen LogP contribution in [0.25, 0.3) is 10.2 Å². The molecule has 0 saturated carbocycles. The molecule has 0 aliphatic carbocycles. The number of aromatic nitrogens is 1. The van der Waals surface area contributed by atoms with Gasteiger partial charge >= 0.3 is 0 Å². The number of benzene rings is 1. The lowest BCUT2D eigenvalue weighted by molar-refractivity contribution is 0.629. The summed E-state index contributed by atoms with van der Waals surface area (Å²) < 4.78 is 13.5. The first-order valence-electron chi connectivity index (χ1n) is 4.07. The smallest absolute Gasteiger partial charge is 0.181 e. The van der Waals surface area contributed by atoms with E-state index in [9.17, 15) is 4.39 Å². The van der Waals surface area contributed by atoms with Crippen LogP contribution in [0.4, 0.5) is 9.52 Å². The van der Waals surface area contributed by atoms with E-state index in [0.29, 0.717) is 10.6 Å². The molecule has 0 saturated heterocycles. The maximum absolute atomic E-state index is 12.6. The maximum Gasteiger partial charge on any atom is 0.181 e. The van der Waals surface area contributed by atoms with Gasteiger partial charge in [-0.1, -0.05) is 25.2 Å². The fourth-order valence-corrected chi connectivity index (χ4v) is 1.63. The van der Waals surface area contributed by atoms with E-state index >= 15 is 0 Å². The topological polar surface area (TPSA) is 38.9 Å². The van der Waals surface area contributed by atoms with E-state index in [4.69, 9.17) is 5.73 Å². The van der Waals surface area contributed by atoms with Crippen LogP contribution in [0.15, 0.2) is 18.2 Å². The number of nitrogen functional groups attached to an aromatic ring is 1. The normalized spacial score (nSPS) is 9.46. The van der Waals surface area contributed by atoms with Crippen molar-refractivity contribution in [3.05, 3.63) is 24.0 Å². The first-order chi connectivity index (χ1) is 6.25. The van der Waals surface area contributed by atoms with Gasteiger partial charge in [0.25, 0.3) is 0 Å². The highest BCUT2D eigenvalue weighted by Gasteiger charge is 2.00. The molecule has 0 aliphatic rings. The second-order valence-electron chi connectivity index (χ2n) is 2.16. The summed E-state index contributed by atoms with van der Waals surface area (Å²) in [5.41, 5.74) is 6.06. The van der Waals surface area contributed by atoms with E-state index in [2.05, 4.69) is 4.98 Å². The van der Waals surface area contributed by atoms with Gasteiger partial charge in [0.15, 0.2) is 5.13 Å². The Kier molecular flexibility index (Phi) is 3.19. The van der Waals surface area contributed by atoms with Crippen LogP contribution in [0.1, 0.15) is 13.8 Å². The molecule has 0 amide bonds. The Hall–Kier alpha value is -1.16. The van der Waals surface area contributed by atoms with Crippen molar-refractivity contribution in [3.63, 3.8) is 0 Å². The number of nitrogens with two attached hydrogens (primary N) is 1. The molecule has 0 bridgehead atoms. The number of rotatable bonds is 0. The molecule has 1 heterocycles. The Balaban J connectivity index is 0.000000396. The van der Waals surface area contributed by atoms with E-state index in [0.717, 1.165) is 4.70 Å². The average Bonchev–Trinajstić information content (AvgIpc) is 2.48. The summed E-state index contributed by atoms with van der Waals surface area (Å²) in [7, 11) is 0. The Morgan fingerprint density at radius 2 is 2.08 bits per heavy atom. The predicted molar refractivity (Wildman–Crippen MR) is 55.3 cm³/mol. The van der Waals surface area contributed by atoms with Crippen molar-refractivity contribution in [2.75, 3.05) is 5.73 Å². The zero-order valence-electron chi connectivity index (χ0n) is 7.54. The van der Waals surface area contributed by atoms with Gasteiger partial charge in [0.1, 0.15) is 5.82 Å². The highest BCUT2D eigenvalue weighted by molar-refractivity contribution is 7.22. The lowest BCUT2D eigenvalue weighted by Gasteiger charge is -1.85. The molecule has 0 fully saturated rings. The minimum Gasteiger partial charge on any atom is -0.375 e. The highest BCUT2D eigenvalue weighted by Crippen LogP contribution is 2.23. The lowest BCUT2D eigenvalue weighted by Crippen LogP contribution is -1.79. The number of hydrogen-bond donors (Lipinski definition) is 1. The third-order valence-corrected chi connectivity index (χ3v) is 2.23. The number of halogens is 1. The van der Waals surface area contributed by atoms with E-state index in [-0.39, 0.29) is 5.82 Å². The molecule has 0 radical (unpaired) electrons. The fraction of sp³-hybridized carbons (Fsp3) is 0.222. The van der Waals surface area contributed by atoms with Crippen LogP contribution in [-0.4, -0.2) is 4.98 Å². The molecule has 0 aliphatic heterocycles. The molecule has 1 aromatic carbocycles. The molecule has 2 rings (SSSR count). The van der Waals surface area contributed by atoms with Gasteiger partial charge in [-0.3, -0.25) is 0 Å². The van der Waals surface area contributed by atoms with Gasteiger partial charge < -0.3 is 5.73 Å². The molecule has 13 heavy (non-hydrogen) atoms. The van der Waals surface area contributed by atoms with E-state index < -0.39 is 0 Å². The lowest BCUT2D eigenvalue weighted by atomic mass is 10.3. The second-order valence-corrected chi connectivity index (χ2v) is 3.23. The summed E-state index contributed by atoms with van der Waals surface area (Å²) in [6.07, 6.45) is 0. The minimum atomic E-state index is -0.275. The summed E-state index contributed by atoms with van der Waals surface area (Å²) in [6, 6.07) is 4.46. The molecule has 0 spiro atoms. The van der Waals surface area contributed by atoms with Gasteiger partial charge in [0.2, 0.25) is 0 Å². The van der Waals surface area contributed by atoms with Crippen molar-refractivity contribution in [2.45, 2.75) is 13.8 Å². The van der Waals surface area contributed by atoms with Gasteiger partial charge in [-0.25, -0.2) is 9.37 Å². The van der Waals surface area contributed by atoms with E-state index in [1.165, 1.54) is 23.5 Å². The van der Waals surface area contributed by atoms with Gasteiger partial charge in [-0.2, -0.15) is 0 Å². The first-order valence-corrected chi connectivity index (χ1v) is 4.89. The molecular formula is C9H11FN2S. The van der Waals surface area contributed by atoms with E-state index in [1.807, 2.05) is 13.8 Å². The molecular weight excluding hydrogens is 187 g/mol. The van der Waals surface area contributed by atoms with Crippen molar-refractivity contribution in [1.29, 1.82) is 0 Å². The van der Waals surface area contributed by atoms with Crippen molar-refractivity contribution >= 4 is 26.7 Å². The average molecular weight is 198 g/mol. The number of nitrogens with zero attached hydrogens (tertiary/aromatic N) is 1. The minimum absolute atomic E-state index is 0.275. The molecule has 70 valence electrons. The van der Waals surface area contributed by atoms with Crippen molar-refractivity contribution in [2.24, 2.45) is 0 Å². The SMILES string of the molecule is CC.Nc1nc2cc(F)ccc2s1. The summed E-state index contributed by atoms with van der Waals surface area (Å²) in [5.74, 6) is -0.275. The Morgan fingerprint density at radius 3 is 2.77 bits per heavy atom. The molecule has 2 nitrogen and oxygen atoms in total. The van der Waals surface area contributed by atoms with Crippen LogP contribution in [0.2, 0.25) is 0 Å². The molecule has 2 N–H and O–H groups in total. The van der Waals surface area contributed by atoms with Crippen LogP contribution < -0.4 is 5.73 Å². The standard InChI is InChI=1S/C7H5FN2S.C2H6/c8-4-1-2-6-5(3-4)10-7(9)11-6;1-2/h1-3H,(H2,9,10);1-2H3. The van der Waals surface area contributed by atoms with Crippen molar-refractivity contribution in [1.82, 2.24) is 4.98 Å². The Labute approximate surface area is 80.2 Å². The quantitative estimate of drug-likeness (QED) is 0.706. The number of hydrogen-bond acceptors (Lipinski definition) is 3. The monoisotopic (exact) mass is 198 g/mol. The summed E-state index contributed by atoms with van der Waals surface area (Å²) in [5, 5.41) is 0.477. The molecule has 0 unspecified atom stereocenters. The largest absolute Gasteiger partial charge is 0.375 e. The predicted octanol–water partition coefficient (Wildman–Crippen LogP) is 3.04. The second kappa shape index (κ2) is 4.18. The molecule has 2 aromatic rings. The summed E-state index contributed by atoms with van der Waals surface area (Å²) in [4.78, 5) is 3.93. The maximum atomic E-state index is 12.6. The summed E-state index contributed by atoms with van der Waals surface area (Å²) >= 11 is 1.36. The third-order valence-electron chi connectivity index (χ3n) is 1.37. The van der Waals surface area contributed by atoms with Gasteiger partial charge in [0.05, 0.1) is 10.2 Å². The van der Waals surface area contributed by atoms with Crippen LogP contribution >= 0.6 is 11.3 Å². The first kappa shape index (κ1) is 9.92. The van der Waals surface area contributed by atoms with Crippen LogP contribution in [0.3, 0.4) is 0 Å². The van der Waals surface area contributed by atoms with Crippen molar-refractivity contribution in [3.8, 4) is 0 Å². The van der Waals surface area contributed by atoms with Gasteiger partial charge in [-0.05, 0) is 12.1 Å². The molecule has 4 heteroatoms. The number of thiazole rings is 1. The van der Waals surface area contributed by atoms with Crippen LogP contribution in [-0.2, 0) is 0 Å². The number of fused-ring (bicyclic) bond motifs is 1. The zero-order valence-corrected chi connectivity index (χ0v) is 8.36. The van der Waals surface area contributed by atoms with Gasteiger partial charge in [-0.15, -0.1) is 0 Å². The molecule has 1 aromatic heterocycles. The third kappa shape index (κ3) is 2.15. The van der Waals surface area contributed by atoms with Gasteiger partial charge in [0, 0.05) is 6.07 Å². The van der Waals surface area contributed by atoms with Crippen LogP contribution in [0.5, 0.6) is 0 Å².